The number of aliphatic hydroxyl groups excluding tert-OH is 1. The van der Waals surface area contributed by atoms with E-state index in [-0.39, 0.29) is 12.5 Å². The van der Waals surface area contributed by atoms with Gasteiger partial charge in [0.2, 0.25) is 5.91 Å². The molecule has 4 nitrogen and oxygen atoms in total. The Bertz CT molecular complexity index is 819. The number of halogens is 2. The number of nitrogens with one attached hydrogen (secondary N) is 1. The molecule has 0 saturated carbocycles. The van der Waals surface area contributed by atoms with Crippen LogP contribution in [0.4, 0.5) is 8.78 Å². The van der Waals surface area contributed by atoms with Crippen molar-refractivity contribution >= 4 is 5.91 Å². The summed E-state index contributed by atoms with van der Waals surface area (Å²) in [5.74, 6) is -1.83. The van der Waals surface area contributed by atoms with E-state index >= 15 is 0 Å². The maximum Gasteiger partial charge on any atom is 0.226 e. The van der Waals surface area contributed by atoms with Gasteiger partial charge in [-0.15, -0.1) is 0 Å². The summed E-state index contributed by atoms with van der Waals surface area (Å²) in [4.78, 5) is 13.0. The summed E-state index contributed by atoms with van der Waals surface area (Å²) in [7, 11) is 0. The molecule has 1 amide bonds. The first kappa shape index (κ1) is 20.4. The van der Waals surface area contributed by atoms with Crippen molar-refractivity contribution in [3.63, 3.8) is 0 Å². The molecule has 6 heteroatoms. The molecule has 2 aromatic rings. The number of amides is 1. The highest BCUT2D eigenvalue weighted by Crippen LogP contribution is 2.37. The minimum atomic E-state index is -0.894. The molecule has 0 unspecified atom stereocenters. The van der Waals surface area contributed by atoms with E-state index in [2.05, 4.69) is 5.32 Å². The summed E-state index contributed by atoms with van der Waals surface area (Å²) in [6.07, 6.45) is 2.16. The molecule has 0 aliphatic carbocycles. The van der Waals surface area contributed by atoms with E-state index < -0.39 is 17.0 Å². The van der Waals surface area contributed by atoms with E-state index in [0.717, 1.165) is 17.2 Å². The van der Waals surface area contributed by atoms with E-state index in [1.807, 2.05) is 24.3 Å². The molecule has 2 aromatic carbocycles. The Morgan fingerprint density at radius 3 is 2.57 bits per heavy atom. The Labute approximate surface area is 163 Å². The largest absolute Gasteiger partial charge is 0.396 e. The molecule has 1 fully saturated rings. The van der Waals surface area contributed by atoms with Crippen LogP contribution >= 0.6 is 0 Å². The first-order valence-electron chi connectivity index (χ1n) is 9.56. The van der Waals surface area contributed by atoms with Crippen LogP contribution in [0.1, 0.15) is 24.8 Å². The van der Waals surface area contributed by atoms with Crippen LogP contribution in [0.3, 0.4) is 0 Å². The van der Waals surface area contributed by atoms with Gasteiger partial charge in [-0.2, -0.15) is 0 Å². The van der Waals surface area contributed by atoms with Crippen LogP contribution in [-0.2, 0) is 16.0 Å². The van der Waals surface area contributed by atoms with Crippen molar-refractivity contribution in [3.8, 4) is 11.1 Å². The molecular formula is C22H25F2NO3. The highest BCUT2D eigenvalue weighted by molar-refractivity contribution is 5.83. The Balaban J connectivity index is 1.91. The second-order valence-electron chi connectivity index (χ2n) is 7.19. The van der Waals surface area contributed by atoms with E-state index in [1.54, 1.807) is 6.07 Å². The van der Waals surface area contributed by atoms with Crippen molar-refractivity contribution in [1.29, 1.82) is 0 Å². The lowest BCUT2D eigenvalue weighted by atomic mass is 9.73. The third-order valence-corrected chi connectivity index (χ3v) is 5.33. The molecule has 0 spiro atoms. The SMILES string of the molecule is O=C(NCCCO)C1(Cc2ccccc2-c2ccc(F)c(F)c2)CCOCC1. The lowest BCUT2D eigenvalue weighted by Gasteiger charge is -2.36. The van der Waals surface area contributed by atoms with Gasteiger partial charge in [0.25, 0.3) is 0 Å². The predicted octanol–water partition coefficient (Wildman–Crippen LogP) is 3.47. The number of carbonyl (C=O) groups excluding carboxylic acids is 1. The molecule has 0 aromatic heterocycles. The second-order valence-corrected chi connectivity index (χ2v) is 7.19. The Kier molecular flexibility index (Phi) is 6.75. The van der Waals surface area contributed by atoms with Crippen LogP contribution in [0.15, 0.2) is 42.5 Å². The standard InChI is InChI=1S/C22H25F2NO3/c23-19-7-6-16(14-20(19)24)18-5-2-1-4-17(18)15-22(8-12-28-13-9-22)21(27)25-10-3-11-26/h1-2,4-7,14,26H,3,8-13,15H2,(H,25,27). The summed E-state index contributed by atoms with van der Waals surface area (Å²) in [5, 5.41) is 11.9. The quantitative estimate of drug-likeness (QED) is 0.713. The van der Waals surface area contributed by atoms with Gasteiger partial charge in [-0.05, 0) is 54.5 Å². The molecule has 2 N–H and O–H groups in total. The van der Waals surface area contributed by atoms with Crippen LogP contribution in [-0.4, -0.2) is 37.4 Å². The van der Waals surface area contributed by atoms with Crippen molar-refractivity contribution in [1.82, 2.24) is 5.32 Å². The molecule has 1 heterocycles. The maximum atomic E-state index is 13.8. The number of hydrogen-bond acceptors (Lipinski definition) is 3. The zero-order chi connectivity index (χ0) is 20.0. The fourth-order valence-corrected chi connectivity index (χ4v) is 3.70. The van der Waals surface area contributed by atoms with Gasteiger partial charge in [0, 0.05) is 26.4 Å². The number of hydrogen-bond donors (Lipinski definition) is 2. The van der Waals surface area contributed by atoms with Gasteiger partial charge in [0.15, 0.2) is 11.6 Å². The number of carbonyl (C=O) groups is 1. The van der Waals surface area contributed by atoms with E-state index in [9.17, 15) is 13.6 Å². The number of benzene rings is 2. The highest BCUT2D eigenvalue weighted by Gasteiger charge is 2.40. The lowest BCUT2D eigenvalue weighted by Crippen LogP contribution is -2.46. The van der Waals surface area contributed by atoms with Gasteiger partial charge in [0.05, 0.1) is 5.41 Å². The van der Waals surface area contributed by atoms with Crippen LogP contribution in [0.5, 0.6) is 0 Å². The number of ether oxygens (including phenoxy) is 1. The topological polar surface area (TPSA) is 58.6 Å². The van der Waals surface area contributed by atoms with Crippen LogP contribution in [0.25, 0.3) is 11.1 Å². The molecule has 3 rings (SSSR count). The van der Waals surface area contributed by atoms with Gasteiger partial charge in [-0.1, -0.05) is 30.3 Å². The van der Waals surface area contributed by atoms with Crippen LogP contribution in [0.2, 0.25) is 0 Å². The van der Waals surface area contributed by atoms with E-state index in [4.69, 9.17) is 9.84 Å². The average Bonchev–Trinajstić information content (AvgIpc) is 2.71. The van der Waals surface area contributed by atoms with Crippen molar-refractivity contribution < 1.29 is 23.4 Å². The monoisotopic (exact) mass is 389 g/mol. The Morgan fingerprint density at radius 1 is 1.11 bits per heavy atom. The van der Waals surface area contributed by atoms with Crippen molar-refractivity contribution in [2.24, 2.45) is 5.41 Å². The molecule has 1 aliphatic rings. The van der Waals surface area contributed by atoms with Gasteiger partial charge in [-0.25, -0.2) is 8.78 Å². The number of aliphatic hydroxyl groups is 1. The van der Waals surface area contributed by atoms with Gasteiger partial charge in [0.1, 0.15) is 0 Å². The molecule has 1 aliphatic heterocycles. The van der Waals surface area contributed by atoms with Crippen molar-refractivity contribution in [2.45, 2.75) is 25.7 Å². The zero-order valence-electron chi connectivity index (χ0n) is 15.7. The summed E-state index contributed by atoms with van der Waals surface area (Å²) in [6.45, 7) is 1.44. The highest BCUT2D eigenvalue weighted by atomic mass is 19.2. The van der Waals surface area contributed by atoms with Gasteiger partial charge < -0.3 is 15.2 Å². The fraction of sp³-hybridized carbons (Fsp3) is 0.409. The first-order chi connectivity index (χ1) is 13.6. The lowest BCUT2D eigenvalue weighted by molar-refractivity contribution is -0.136. The summed E-state index contributed by atoms with van der Waals surface area (Å²) in [5.41, 5.74) is 1.66. The van der Waals surface area contributed by atoms with E-state index in [1.165, 1.54) is 6.07 Å². The molecular weight excluding hydrogens is 364 g/mol. The Morgan fingerprint density at radius 2 is 1.86 bits per heavy atom. The smallest absolute Gasteiger partial charge is 0.226 e. The van der Waals surface area contributed by atoms with Gasteiger partial charge >= 0.3 is 0 Å². The van der Waals surface area contributed by atoms with Crippen LogP contribution < -0.4 is 5.32 Å². The summed E-state index contributed by atoms with van der Waals surface area (Å²) in [6, 6.07) is 11.4. The van der Waals surface area contributed by atoms with Crippen LogP contribution in [0, 0.1) is 17.0 Å². The minimum Gasteiger partial charge on any atom is -0.396 e. The normalized spacial score (nSPS) is 16.0. The molecule has 0 radical (unpaired) electrons. The first-order valence-corrected chi connectivity index (χ1v) is 9.56. The average molecular weight is 389 g/mol. The molecule has 150 valence electrons. The predicted molar refractivity (Wildman–Crippen MR) is 103 cm³/mol. The molecule has 0 bridgehead atoms. The van der Waals surface area contributed by atoms with E-state index in [0.29, 0.717) is 51.0 Å². The fourth-order valence-electron chi connectivity index (χ4n) is 3.70. The number of rotatable bonds is 7. The molecule has 1 saturated heterocycles. The van der Waals surface area contributed by atoms with Crippen molar-refractivity contribution in [3.05, 3.63) is 59.7 Å². The Hall–Kier alpha value is -2.31. The molecule has 28 heavy (non-hydrogen) atoms. The summed E-state index contributed by atoms with van der Waals surface area (Å²) >= 11 is 0. The third kappa shape index (κ3) is 4.56. The zero-order valence-corrected chi connectivity index (χ0v) is 15.7. The molecule has 0 atom stereocenters. The summed E-state index contributed by atoms with van der Waals surface area (Å²) < 4.78 is 32.6. The van der Waals surface area contributed by atoms with Gasteiger partial charge in [-0.3, -0.25) is 4.79 Å². The minimum absolute atomic E-state index is 0.0232. The third-order valence-electron chi connectivity index (χ3n) is 5.33. The maximum absolute atomic E-state index is 13.8. The second kappa shape index (κ2) is 9.26. The van der Waals surface area contributed by atoms with Crippen molar-refractivity contribution in [2.75, 3.05) is 26.4 Å².